The maximum Gasteiger partial charge on any atom is 0.243 e. The van der Waals surface area contributed by atoms with E-state index in [4.69, 9.17) is 0 Å². The van der Waals surface area contributed by atoms with Crippen LogP contribution in [-0.2, 0) is 20.6 Å². The lowest BCUT2D eigenvalue weighted by molar-refractivity contribution is -0.129. The van der Waals surface area contributed by atoms with E-state index in [2.05, 4.69) is 0 Å². The third-order valence-electron chi connectivity index (χ3n) is 4.38. The van der Waals surface area contributed by atoms with Crippen LogP contribution in [0.5, 0.6) is 0 Å². The second-order valence-electron chi connectivity index (χ2n) is 6.22. The minimum absolute atomic E-state index is 0.00105. The summed E-state index contributed by atoms with van der Waals surface area (Å²) in [7, 11) is -3.51. The molecule has 1 saturated heterocycles. The van der Waals surface area contributed by atoms with Crippen molar-refractivity contribution in [1.82, 2.24) is 9.21 Å². The predicted molar refractivity (Wildman–Crippen MR) is 104 cm³/mol. The van der Waals surface area contributed by atoms with Gasteiger partial charge in [-0.25, -0.2) is 12.8 Å². The van der Waals surface area contributed by atoms with Crippen LogP contribution in [0.4, 0.5) is 4.39 Å². The number of carbonyl (C=O) groups is 1. The summed E-state index contributed by atoms with van der Waals surface area (Å²) in [6.07, 6.45) is 0. The molecule has 0 saturated carbocycles. The van der Waals surface area contributed by atoms with Gasteiger partial charge in [-0.1, -0.05) is 30.3 Å². The van der Waals surface area contributed by atoms with E-state index in [9.17, 15) is 17.6 Å². The van der Waals surface area contributed by atoms with E-state index < -0.39 is 10.0 Å². The Kier molecular flexibility index (Phi) is 6.51. The normalized spacial score (nSPS) is 15.7. The standard InChI is InChI=1S/C19H21FN2O3S2/c20-17-8-6-16(7-9-17)14-26-15-19(23)21-10-12-22(13-11-21)27(24,25)18-4-2-1-3-5-18/h1-9H,10-15H2. The van der Waals surface area contributed by atoms with Gasteiger partial charge in [0.15, 0.2) is 0 Å². The van der Waals surface area contributed by atoms with E-state index >= 15 is 0 Å². The molecule has 8 heteroatoms. The number of benzene rings is 2. The summed E-state index contributed by atoms with van der Waals surface area (Å²) in [5.41, 5.74) is 0.966. The Balaban J connectivity index is 1.47. The molecule has 144 valence electrons. The minimum atomic E-state index is -3.51. The smallest absolute Gasteiger partial charge is 0.243 e. The number of rotatable bonds is 6. The number of nitrogens with zero attached hydrogens (tertiary/aromatic N) is 2. The van der Waals surface area contributed by atoms with Gasteiger partial charge in [0.05, 0.1) is 10.6 Å². The number of hydrogen-bond acceptors (Lipinski definition) is 4. The molecule has 1 amide bonds. The number of carbonyl (C=O) groups excluding carboxylic acids is 1. The van der Waals surface area contributed by atoms with E-state index in [0.717, 1.165) is 5.56 Å². The summed E-state index contributed by atoms with van der Waals surface area (Å²) in [6.45, 7) is 1.38. The molecule has 0 bridgehead atoms. The van der Waals surface area contributed by atoms with Crippen molar-refractivity contribution in [3.63, 3.8) is 0 Å². The number of hydrogen-bond donors (Lipinski definition) is 0. The molecule has 0 unspecified atom stereocenters. The highest BCUT2D eigenvalue weighted by Crippen LogP contribution is 2.18. The van der Waals surface area contributed by atoms with Gasteiger partial charge in [0, 0.05) is 31.9 Å². The third-order valence-corrected chi connectivity index (χ3v) is 7.28. The number of halogens is 1. The summed E-state index contributed by atoms with van der Waals surface area (Å²) in [5, 5.41) is 0. The average molecular weight is 409 g/mol. The fourth-order valence-corrected chi connectivity index (χ4v) is 5.18. The van der Waals surface area contributed by atoms with Crippen LogP contribution in [0.2, 0.25) is 0 Å². The first-order valence-corrected chi connectivity index (χ1v) is 11.2. The molecule has 1 fully saturated rings. The molecular formula is C19H21FN2O3S2. The first-order valence-electron chi connectivity index (χ1n) is 8.62. The Labute approximate surface area is 163 Å². The Morgan fingerprint density at radius 1 is 0.963 bits per heavy atom. The fourth-order valence-electron chi connectivity index (χ4n) is 2.85. The predicted octanol–water partition coefficient (Wildman–Crippen LogP) is 2.59. The Hall–Kier alpha value is -1.90. The molecule has 0 radical (unpaired) electrons. The molecule has 2 aromatic carbocycles. The molecule has 1 aliphatic heterocycles. The number of sulfonamides is 1. The fraction of sp³-hybridized carbons (Fsp3) is 0.316. The van der Waals surface area contributed by atoms with Crippen LogP contribution in [0.15, 0.2) is 59.5 Å². The van der Waals surface area contributed by atoms with Crippen molar-refractivity contribution in [3.05, 3.63) is 66.0 Å². The van der Waals surface area contributed by atoms with Crippen LogP contribution in [-0.4, -0.2) is 55.5 Å². The molecule has 5 nitrogen and oxygen atoms in total. The average Bonchev–Trinajstić information content (AvgIpc) is 2.70. The van der Waals surface area contributed by atoms with Crippen molar-refractivity contribution in [3.8, 4) is 0 Å². The van der Waals surface area contributed by atoms with Crippen LogP contribution in [0.3, 0.4) is 0 Å². The number of amides is 1. The van der Waals surface area contributed by atoms with Gasteiger partial charge in [-0.05, 0) is 29.8 Å². The van der Waals surface area contributed by atoms with Crippen LogP contribution in [0.25, 0.3) is 0 Å². The van der Waals surface area contributed by atoms with Gasteiger partial charge in [-0.15, -0.1) is 11.8 Å². The van der Waals surface area contributed by atoms with Gasteiger partial charge in [-0.3, -0.25) is 4.79 Å². The SMILES string of the molecule is O=C(CSCc1ccc(F)cc1)N1CCN(S(=O)(=O)c2ccccc2)CC1. The summed E-state index contributed by atoms with van der Waals surface area (Å²) < 4.78 is 39.5. The lowest BCUT2D eigenvalue weighted by Gasteiger charge is -2.34. The molecule has 0 N–H and O–H groups in total. The second kappa shape index (κ2) is 8.86. The van der Waals surface area contributed by atoms with Gasteiger partial charge in [0.1, 0.15) is 5.82 Å². The molecule has 0 atom stereocenters. The molecule has 0 aromatic heterocycles. The van der Waals surface area contributed by atoms with E-state index in [1.54, 1.807) is 47.4 Å². The van der Waals surface area contributed by atoms with Crippen LogP contribution < -0.4 is 0 Å². The highest BCUT2D eigenvalue weighted by Gasteiger charge is 2.29. The molecule has 1 aliphatic rings. The van der Waals surface area contributed by atoms with Crippen molar-refractivity contribution < 1.29 is 17.6 Å². The lowest BCUT2D eigenvalue weighted by atomic mass is 10.2. The van der Waals surface area contributed by atoms with Crippen LogP contribution in [0, 0.1) is 5.82 Å². The van der Waals surface area contributed by atoms with Crippen molar-refractivity contribution in [2.24, 2.45) is 0 Å². The van der Waals surface area contributed by atoms with Gasteiger partial charge >= 0.3 is 0 Å². The van der Waals surface area contributed by atoms with E-state index in [-0.39, 0.29) is 16.6 Å². The Bertz CT molecular complexity index is 866. The van der Waals surface area contributed by atoms with Crippen LogP contribution in [0.1, 0.15) is 5.56 Å². The highest BCUT2D eigenvalue weighted by atomic mass is 32.2. The molecule has 27 heavy (non-hydrogen) atoms. The second-order valence-corrected chi connectivity index (χ2v) is 9.14. The van der Waals surface area contributed by atoms with Gasteiger partial charge in [0.25, 0.3) is 0 Å². The molecule has 2 aromatic rings. The maximum atomic E-state index is 12.9. The van der Waals surface area contributed by atoms with E-state index in [1.165, 1.54) is 28.2 Å². The maximum absolute atomic E-state index is 12.9. The molecule has 1 heterocycles. The summed E-state index contributed by atoms with van der Waals surface area (Å²) in [4.78, 5) is 14.3. The lowest BCUT2D eigenvalue weighted by Crippen LogP contribution is -2.50. The number of piperazine rings is 1. The molecule has 3 rings (SSSR count). The summed E-state index contributed by atoms with van der Waals surface area (Å²) in [5.74, 6) is 0.680. The Morgan fingerprint density at radius 3 is 2.22 bits per heavy atom. The largest absolute Gasteiger partial charge is 0.339 e. The zero-order chi connectivity index (χ0) is 19.3. The number of thioether (sulfide) groups is 1. The van der Waals surface area contributed by atoms with E-state index in [0.29, 0.717) is 37.7 Å². The molecular weight excluding hydrogens is 387 g/mol. The Morgan fingerprint density at radius 2 is 1.59 bits per heavy atom. The third kappa shape index (κ3) is 5.09. The highest BCUT2D eigenvalue weighted by molar-refractivity contribution is 7.99. The van der Waals surface area contributed by atoms with Crippen molar-refractivity contribution >= 4 is 27.7 Å². The quantitative estimate of drug-likeness (QED) is 0.737. The monoisotopic (exact) mass is 408 g/mol. The zero-order valence-corrected chi connectivity index (χ0v) is 16.4. The zero-order valence-electron chi connectivity index (χ0n) is 14.8. The van der Waals surface area contributed by atoms with Crippen molar-refractivity contribution in [1.29, 1.82) is 0 Å². The van der Waals surface area contributed by atoms with Crippen molar-refractivity contribution in [2.75, 3.05) is 31.9 Å². The summed E-state index contributed by atoms with van der Waals surface area (Å²) >= 11 is 1.47. The van der Waals surface area contributed by atoms with Gasteiger partial charge in [0.2, 0.25) is 15.9 Å². The van der Waals surface area contributed by atoms with E-state index in [1.807, 2.05) is 0 Å². The minimum Gasteiger partial charge on any atom is -0.339 e. The topological polar surface area (TPSA) is 57.7 Å². The van der Waals surface area contributed by atoms with Crippen molar-refractivity contribution in [2.45, 2.75) is 10.6 Å². The van der Waals surface area contributed by atoms with Crippen LogP contribution >= 0.6 is 11.8 Å². The van der Waals surface area contributed by atoms with Gasteiger partial charge in [-0.2, -0.15) is 4.31 Å². The first kappa shape index (κ1) is 19.9. The molecule has 0 aliphatic carbocycles. The van der Waals surface area contributed by atoms with Gasteiger partial charge < -0.3 is 4.90 Å². The summed E-state index contributed by atoms with van der Waals surface area (Å²) in [6, 6.07) is 14.6. The molecule has 0 spiro atoms. The first-order chi connectivity index (χ1) is 13.0.